The van der Waals surface area contributed by atoms with Gasteiger partial charge in [0.2, 0.25) is 0 Å². The number of pyridine rings is 1. The molecule has 4 rings (SSSR count). The lowest BCUT2D eigenvalue weighted by Gasteiger charge is -2.33. The van der Waals surface area contributed by atoms with Gasteiger partial charge in [-0.15, -0.1) is 0 Å². The Balaban J connectivity index is 1.54. The van der Waals surface area contributed by atoms with Gasteiger partial charge in [-0.1, -0.05) is 24.6 Å². The number of anilines is 1. The third-order valence-electron chi connectivity index (χ3n) is 5.68. The predicted octanol–water partition coefficient (Wildman–Crippen LogP) is 3.63. The summed E-state index contributed by atoms with van der Waals surface area (Å²) in [5.74, 6) is -0.443. The number of nitrogens with one attached hydrogen (secondary N) is 1. The summed E-state index contributed by atoms with van der Waals surface area (Å²) in [6, 6.07) is 12.1. The van der Waals surface area contributed by atoms with Gasteiger partial charge in [-0.3, -0.25) is 18.9 Å². The third kappa shape index (κ3) is 4.07. The highest BCUT2D eigenvalue weighted by Gasteiger charge is 2.19. The zero-order valence-electron chi connectivity index (χ0n) is 16.9. The van der Waals surface area contributed by atoms with Gasteiger partial charge in [0.05, 0.1) is 0 Å². The van der Waals surface area contributed by atoms with Crippen molar-refractivity contribution in [3.63, 3.8) is 0 Å². The fourth-order valence-corrected chi connectivity index (χ4v) is 3.98. The fraction of sp³-hybridized carbons (Fsp3) is 0.348. The van der Waals surface area contributed by atoms with E-state index < -0.39 is 5.91 Å². The van der Waals surface area contributed by atoms with Gasteiger partial charge >= 0.3 is 0 Å². The molecule has 6 nitrogen and oxygen atoms in total. The van der Waals surface area contributed by atoms with Crippen LogP contribution in [0.5, 0.6) is 0 Å². The Hall–Kier alpha value is -2.99. The second-order valence-electron chi connectivity index (χ2n) is 7.83. The van der Waals surface area contributed by atoms with Crippen molar-refractivity contribution in [2.24, 2.45) is 0 Å². The lowest BCUT2D eigenvalue weighted by molar-refractivity contribution is 0.102. The minimum absolute atomic E-state index is 0.0307. The van der Waals surface area contributed by atoms with Crippen LogP contribution in [0.1, 0.15) is 47.7 Å². The molecule has 6 heteroatoms. The van der Waals surface area contributed by atoms with Crippen LogP contribution in [0.2, 0.25) is 0 Å². The number of piperidine rings is 1. The van der Waals surface area contributed by atoms with E-state index in [1.54, 1.807) is 12.3 Å². The van der Waals surface area contributed by atoms with Crippen LogP contribution in [0.15, 0.2) is 53.6 Å². The predicted molar refractivity (Wildman–Crippen MR) is 114 cm³/mol. The number of aromatic nitrogens is 2. The molecule has 1 aliphatic rings. The molecule has 1 saturated heterocycles. The second kappa shape index (κ2) is 8.17. The Morgan fingerprint density at radius 3 is 2.93 bits per heavy atom. The second-order valence-corrected chi connectivity index (χ2v) is 7.83. The lowest BCUT2D eigenvalue weighted by Crippen LogP contribution is -2.36. The van der Waals surface area contributed by atoms with Crippen molar-refractivity contribution in [1.29, 1.82) is 0 Å². The Morgan fingerprint density at radius 1 is 1.24 bits per heavy atom. The summed E-state index contributed by atoms with van der Waals surface area (Å²) in [5, 5.41) is 2.86. The molecule has 1 amide bonds. The zero-order chi connectivity index (χ0) is 20.4. The Morgan fingerprint density at radius 2 is 2.10 bits per heavy atom. The summed E-state index contributed by atoms with van der Waals surface area (Å²) >= 11 is 0. The van der Waals surface area contributed by atoms with Crippen LogP contribution in [0.3, 0.4) is 0 Å². The molecule has 3 aromatic rings. The lowest BCUT2D eigenvalue weighted by atomic mass is 10.0. The summed E-state index contributed by atoms with van der Waals surface area (Å²) in [7, 11) is 0. The Labute approximate surface area is 170 Å². The highest BCUT2D eigenvalue weighted by molar-refractivity contribution is 6.04. The van der Waals surface area contributed by atoms with Crippen molar-refractivity contribution < 1.29 is 4.79 Å². The highest BCUT2D eigenvalue weighted by Crippen LogP contribution is 2.20. The van der Waals surface area contributed by atoms with E-state index in [9.17, 15) is 9.59 Å². The SMILES string of the molecule is Cc1cccn2c(=O)c(C(=O)Nc3cccc(CN4CCCCC4C)c3)cnc12. The molecule has 0 radical (unpaired) electrons. The Bertz CT molecular complexity index is 1110. The molecule has 0 aliphatic carbocycles. The molecule has 0 bridgehead atoms. The zero-order valence-corrected chi connectivity index (χ0v) is 16.9. The third-order valence-corrected chi connectivity index (χ3v) is 5.68. The number of hydrogen-bond acceptors (Lipinski definition) is 4. The van der Waals surface area contributed by atoms with Gasteiger partial charge in [-0.05, 0) is 62.6 Å². The number of likely N-dealkylation sites (tertiary alicyclic amines) is 1. The van der Waals surface area contributed by atoms with E-state index in [0.29, 0.717) is 17.4 Å². The topological polar surface area (TPSA) is 66.7 Å². The highest BCUT2D eigenvalue weighted by atomic mass is 16.2. The number of rotatable bonds is 4. The summed E-state index contributed by atoms with van der Waals surface area (Å²) in [6.07, 6.45) is 6.75. The van der Waals surface area contributed by atoms with E-state index in [0.717, 1.165) is 24.2 Å². The van der Waals surface area contributed by atoms with Crippen LogP contribution in [0.4, 0.5) is 5.69 Å². The van der Waals surface area contributed by atoms with Gasteiger partial charge in [0.15, 0.2) is 0 Å². The molecule has 1 fully saturated rings. The van der Waals surface area contributed by atoms with Gasteiger partial charge < -0.3 is 5.32 Å². The normalized spacial score (nSPS) is 17.4. The van der Waals surface area contributed by atoms with E-state index in [2.05, 4.69) is 28.2 Å². The summed E-state index contributed by atoms with van der Waals surface area (Å²) in [6.45, 7) is 6.13. The van der Waals surface area contributed by atoms with Crippen molar-refractivity contribution in [3.05, 3.63) is 75.8 Å². The average Bonchev–Trinajstić information content (AvgIpc) is 2.71. The van der Waals surface area contributed by atoms with Crippen LogP contribution in [-0.2, 0) is 6.54 Å². The molecule has 1 unspecified atom stereocenters. The van der Waals surface area contributed by atoms with E-state index in [1.165, 1.54) is 29.9 Å². The molecule has 3 heterocycles. The van der Waals surface area contributed by atoms with Gasteiger partial charge in [0.1, 0.15) is 11.2 Å². The quantitative estimate of drug-likeness (QED) is 0.739. The summed E-state index contributed by atoms with van der Waals surface area (Å²) < 4.78 is 1.42. The maximum Gasteiger partial charge on any atom is 0.270 e. The molecular weight excluding hydrogens is 364 g/mol. The number of nitrogens with zero attached hydrogens (tertiary/aromatic N) is 3. The van der Waals surface area contributed by atoms with Crippen LogP contribution in [-0.4, -0.2) is 32.8 Å². The van der Waals surface area contributed by atoms with E-state index >= 15 is 0 Å². The number of carbonyl (C=O) groups excluding carboxylic acids is 1. The molecule has 1 aliphatic heterocycles. The standard InChI is InChI=1S/C23H26N4O2/c1-16-7-6-12-27-21(16)24-14-20(23(27)29)22(28)25-19-10-5-9-18(13-19)15-26-11-4-3-8-17(26)2/h5-7,9-10,12-14,17H,3-4,8,11,15H2,1-2H3,(H,25,28). The molecule has 1 atom stereocenters. The maximum atomic E-state index is 12.7. The van der Waals surface area contributed by atoms with E-state index in [1.807, 2.05) is 31.2 Å². The molecule has 29 heavy (non-hydrogen) atoms. The smallest absolute Gasteiger partial charge is 0.270 e. The van der Waals surface area contributed by atoms with Crippen molar-refractivity contribution in [1.82, 2.24) is 14.3 Å². The first-order valence-electron chi connectivity index (χ1n) is 10.1. The maximum absolute atomic E-state index is 12.7. The number of benzene rings is 1. The molecule has 0 spiro atoms. The van der Waals surface area contributed by atoms with Crippen molar-refractivity contribution in [2.45, 2.75) is 45.7 Å². The molecular formula is C23H26N4O2. The van der Waals surface area contributed by atoms with Crippen molar-refractivity contribution >= 4 is 17.2 Å². The van der Waals surface area contributed by atoms with Crippen molar-refractivity contribution in [2.75, 3.05) is 11.9 Å². The number of amides is 1. The average molecular weight is 390 g/mol. The number of carbonyl (C=O) groups is 1. The first-order chi connectivity index (χ1) is 14.0. The first kappa shape index (κ1) is 19.3. The van der Waals surface area contributed by atoms with Gasteiger partial charge in [-0.2, -0.15) is 0 Å². The minimum atomic E-state index is -0.443. The molecule has 0 saturated carbocycles. The van der Waals surface area contributed by atoms with Gasteiger partial charge in [-0.25, -0.2) is 4.98 Å². The molecule has 150 valence electrons. The van der Waals surface area contributed by atoms with Crippen LogP contribution in [0, 0.1) is 6.92 Å². The number of hydrogen-bond donors (Lipinski definition) is 1. The van der Waals surface area contributed by atoms with Crippen LogP contribution >= 0.6 is 0 Å². The van der Waals surface area contributed by atoms with Gasteiger partial charge in [0.25, 0.3) is 11.5 Å². The fourth-order valence-electron chi connectivity index (χ4n) is 3.98. The monoisotopic (exact) mass is 390 g/mol. The minimum Gasteiger partial charge on any atom is -0.322 e. The van der Waals surface area contributed by atoms with Crippen LogP contribution < -0.4 is 10.9 Å². The summed E-state index contributed by atoms with van der Waals surface area (Å²) in [4.78, 5) is 32.3. The summed E-state index contributed by atoms with van der Waals surface area (Å²) in [5.41, 5.74) is 2.95. The Kier molecular flexibility index (Phi) is 5.45. The van der Waals surface area contributed by atoms with Gasteiger partial charge in [0, 0.05) is 30.7 Å². The molecule has 2 aromatic heterocycles. The largest absolute Gasteiger partial charge is 0.322 e. The van der Waals surface area contributed by atoms with Crippen LogP contribution in [0.25, 0.3) is 5.65 Å². The van der Waals surface area contributed by atoms with E-state index in [4.69, 9.17) is 0 Å². The number of fused-ring (bicyclic) bond motifs is 1. The first-order valence-corrected chi connectivity index (χ1v) is 10.1. The van der Waals surface area contributed by atoms with E-state index in [-0.39, 0.29) is 11.1 Å². The molecule has 1 N–H and O–H groups in total. The molecule has 1 aromatic carbocycles. The number of aryl methyl sites for hydroxylation is 1. The van der Waals surface area contributed by atoms with Crippen molar-refractivity contribution in [3.8, 4) is 0 Å².